The molecule has 144 valence electrons. The molecular formula is C21H21N3O3S. The summed E-state index contributed by atoms with van der Waals surface area (Å²) in [5, 5.41) is 5.93. The van der Waals surface area contributed by atoms with E-state index in [1.807, 2.05) is 25.1 Å². The Bertz CT molecular complexity index is 1080. The predicted octanol–water partition coefficient (Wildman–Crippen LogP) is 4.50. The normalized spacial score (nSPS) is 10.9. The van der Waals surface area contributed by atoms with Gasteiger partial charge in [0.25, 0.3) is 10.0 Å². The van der Waals surface area contributed by atoms with Gasteiger partial charge in [0.05, 0.1) is 4.90 Å². The van der Waals surface area contributed by atoms with Gasteiger partial charge in [-0.3, -0.25) is 9.52 Å². The number of aryl methyl sites for hydroxylation is 1. The highest BCUT2D eigenvalue weighted by Crippen LogP contribution is 2.22. The molecule has 0 saturated heterocycles. The Morgan fingerprint density at radius 1 is 0.786 bits per heavy atom. The van der Waals surface area contributed by atoms with Gasteiger partial charge in [0.15, 0.2) is 0 Å². The van der Waals surface area contributed by atoms with Crippen LogP contribution in [0.4, 0.5) is 22.7 Å². The molecule has 0 radical (unpaired) electrons. The summed E-state index contributed by atoms with van der Waals surface area (Å²) in [5.74, 6) is -0.121. The molecule has 0 heterocycles. The standard InChI is InChI=1S/C21H21N3O3S/c1-15-4-3-5-21(14-15)28(26,27)24-20-12-10-19(11-13-20)23-18-8-6-17(7-9-18)22-16(2)25/h3-14,23-24H,1-2H3,(H,22,25). The van der Waals surface area contributed by atoms with Gasteiger partial charge < -0.3 is 10.6 Å². The fourth-order valence-corrected chi connectivity index (χ4v) is 3.79. The van der Waals surface area contributed by atoms with E-state index >= 15 is 0 Å². The molecule has 0 spiro atoms. The van der Waals surface area contributed by atoms with Gasteiger partial charge in [-0.25, -0.2) is 8.42 Å². The monoisotopic (exact) mass is 395 g/mol. The molecule has 0 aliphatic carbocycles. The molecular weight excluding hydrogens is 374 g/mol. The summed E-state index contributed by atoms with van der Waals surface area (Å²) in [5.41, 5.74) is 3.74. The Balaban J connectivity index is 1.67. The highest BCUT2D eigenvalue weighted by Gasteiger charge is 2.14. The molecule has 0 saturated carbocycles. The topological polar surface area (TPSA) is 87.3 Å². The van der Waals surface area contributed by atoms with Crippen LogP contribution in [0.25, 0.3) is 0 Å². The summed E-state index contributed by atoms with van der Waals surface area (Å²) in [4.78, 5) is 11.3. The first kappa shape index (κ1) is 19.4. The maximum atomic E-state index is 12.5. The van der Waals surface area contributed by atoms with E-state index in [-0.39, 0.29) is 10.8 Å². The number of anilines is 4. The molecule has 0 aromatic heterocycles. The molecule has 3 rings (SSSR count). The van der Waals surface area contributed by atoms with Crippen LogP contribution in [0.5, 0.6) is 0 Å². The summed E-state index contributed by atoms with van der Waals surface area (Å²) in [6.45, 7) is 3.31. The van der Waals surface area contributed by atoms with Gasteiger partial charge >= 0.3 is 0 Å². The first-order chi connectivity index (χ1) is 13.3. The van der Waals surface area contributed by atoms with Crippen LogP contribution in [0.3, 0.4) is 0 Å². The van der Waals surface area contributed by atoms with Gasteiger partial charge in [-0.1, -0.05) is 12.1 Å². The molecule has 7 heteroatoms. The first-order valence-electron chi connectivity index (χ1n) is 8.66. The van der Waals surface area contributed by atoms with E-state index in [4.69, 9.17) is 0 Å². The molecule has 0 bridgehead atoms. The van der Waals surface area contributed by atoms with Crippen molar-refractivity contribution in [3.63, 3.8) is 0 Å². The smallest absolute Gasteiger partial charge is 0.261 e. The molecule has 0 atom stereocenters. The van der Waals surface area contributed by atoms with Crippen LogP contribution in [0.15, 0.2) is 77.7 Å². The van der Waals surface area contributed by atoms with Crippen molar-refractivity contribution in [2.24, 2.45) is 0 Å². The third kappa shape index (κ3) is 5.11. The Kier molecular flexibility index (Phi) is 5.65. The van der Waals surface area contributed by atoms with E-state index in [0.717, 1.165) is 22.6 Å². The minimum atomic E-state index is -3.63. The van der Waals surface area contributed by atoms with Gasteiger partial charge in [0, 0.05) is 29.7 Å². The molecule has 0 aliphatic heterocycles. The molecule has 6 nitrogen and oxygen atoms in total. The number of amides is 1. The van der Waals surface area contributed by atoms with Crippen molar-refractivity contribution in [3.8, 4) is 0 Å². The summed E-state index contributed by atoms with van der Waals surface area (Å²) in [7, 11) is -3.63. The Hall–Kier alpha value is -3.32. The lowest BCUT2D eigenvalue weighted by Crippen LogP contribution is -2.13. The summed E-state index contributed by atoms with van der Waals surface area (Å²) >= 11 is 0. The average Bonchev–Trinajstić information content (AvgIpc) is 2.64. The van der Waals surface area contributed by atoms with Gasteiger partial charge in [-0.2, -0.15) is 0 Å². The number of nitrogens with one attached hydrogen (secondary N) is 3. The van der Waals surface area contributed by atoms with Crippen molar-refractivity contribution in [1.29, 1.82) is 0 Å². The van der Waals surface area contributed by atoms with E-state index < -0.39 is 10.0 Å². The van der Waals surface area contributed by atoms with Crippen LogP contribution in [0, 0.1) is 6.92 Å². The van der Waals surface area contributed by atoms with Crippen molar-refractivity contribution < 1.29 is 13.2 Å². The van der Waals surface area contributed by atoms with E-state index in [2.05, 4.69) is 15.4 Å². The second kappa shape index (κ2) is 8.14. The first-order valence-corrected chi connectivity index (χ1v) is 10.1. The fraction of sp³-hybridized carbons (Fsp3) is 0.0952. The van der Waals surface area contributed by atoms with Crippen LogP contribution in [0.2, 0.25) is 0 Å². The van der Waals surface area contributed by atoms with Crippen molar-refractivity contribution in [2.45, 2.75) is 18.7 Å². The van der Waals surface area contributed by atoms with E-state index in [1.165, 1.54) is 6.92 Å². The minimum Gasteiger partial charge on any atom is -0.356 e. The van der Waals surface area contributed by atoms with Gasteiger partial charge in [-0.05, 0) is 73.2 Å². The molecule has 28 heavy (non-hydrogen) atoms. The number of hydrogen-bond donors (Lipinski definition) is 3. The van der Waals surface area contributed by atoms with Gasteiger partial charge in [-0.15, -0.1) is 0 Å². The summed E-state index contributed by atoms with van der Waals surface area (Å²) in [6.07, 6.45) is 0. The summed E-state index contributed by atoms with van der Waals surface area (Å²) < 4.78 is 27.5. The quantitative estimate of drug-likeness (QED) is 0.574. The van der Waals surface area contributed by atoms with Gasteiger partial charge in [0.2, 0.25) is 5.91 Å². The van der Waals surface area contributed by atoms with Crippen LogP contribution in [-0.2, 0) is 14.8 Å². The van der Waals surface area contributed by atoms with E-state index in [9.17, 15) is 13.2 Å². The zero-order chi connectivity index (χ0) is 20.1. The maximum absolute atomic E-state index is 12.5. The third-order valence-electron chi connectivity index (χ3n) is 3.93. The summed E-state index contributed by atoms with van der Waals surface area (Å²) in [6, 6.07) is 21.0. The fourth-order valence-electron chi connectivity index (χ4n) is 2.63. The highest BCUT2D eigenvalue weighted by molar-refractivity contribution is 7.92. The average molecular weight is 395 g/mol. The maximum Gasteiger partial charge on any atom is 0.261 e. The van der Waals surface area contributed by atoms with Crippen LogP contribution in [0.1, 0.15) is 12.5 Å². The largest absolute Gasteiger partial charge is 0.356 e. The molecule has 3 aromatic rings. The zero-order valence-electron chi connectivity index (χ0n) is 15.6. The van der Waals surface area contributed by atoms with Crippen LogP contribution < -0.4 is 15.4 Å². The van der Waals surface area contributed by atoms with Crippen LogP contribution in [-0.4, -0.2) is 14.3 Å². The molecule has 0 unspecified atom stereocenters. The lowest BCUT2D eigenvalue weighted by molar-refractivity contribution is -0.114. The Morgan fingerprint density at radius 2 is 1.32 bits per heavy atom. The Morgan fingerprint density at radius 3 is 1.86 bits per heavy atom. The second-order valence-electron chi connectivity index (χ2n) is 6.38. The zero-order valence-corrected chi connectivity index (χ0v) is 16.4. The minimum absolute atomic E-state index is 0.121. The second-order valence-corrected chi connectivity index (χ2v) is 8.07. The van der Waals surface area contributed by atoms with Crippen molar-refractivity contribution in [1.82, 2.24) is 0 Å². The highest BCUT2D eigenvalue weighted by atomic mass is 32.2. The molecule has 3 aromatic carbocycles. The number of rotatable bonds is 6. The van der Waals surface area contributed by atoms with Crippen molar-refractivity contribution >= 4 is 38.7 Å². The lowest BCUT2D eigenvalue weighted by atomic mass is 10.2. The molecule has 0 fully saturated rings. The number of benzene rings is 3. The van der Waals surface area contributed by atoms with Gasteiger partial charge in [0.1, 0.15) is 0 Å². The Labute approximate surface area is 164 Å². The van der Waals surface area contributed by atoms with E-state index in [1.54, 1.807) is 54.6 Å². The number of sulfonamides is 1. The lowest BCUT2D eigenvalue weighted by Gasteiger charge is -2.11. The molecule has 3 N–H and O–H groups in total. The number of carbonyl (C=O) groups excluding carboxylic acids is 1. The SMILES string of the molecule is CC(=O)Nc1ccc(Nc2ccc(NS(=O)(=O)c3cccc(C)c3)cc2)cc1. The predicted molar refractivity (Wildman–Crippen MR) is 112 cm³/mol. The van der Waals surface area contributed by atoms with E-state index in [0.29, 0.717) is 5.69 Å². The molecule has 0 aliphatic rings. The third-order valence-corrected chi connectivity index (χ3v) is 5.31. The van der Waals surface area contributed by atoms with Crippen molar-refractivity contribution in [2.75, 3.05) is 15.4 Å². The van der Waals surface area contributed by atoms with Crippen LogP contribution >= 0.6 is 0 Å². The number of hydrogen-bond acceptors (Lipinski definition) is 4. The number of carbonyl (C=O) groups is 1. The molecule has 1 amide bonds. The van der Waals surface area contributed by atoms with Crippen molar-refractivity contribution in [3.05, 3.63) is 78.4 Å².